The SMILES string of the molecule is COC(=O)C(Cc1cc2oc(=O)[nH]c2cc1Br)NC(=O)N1CCC(N2Cc3ccccc3NC2O)CC1. The van der Waals surface area contributed by atoms with Crippen molar-refractivity contribution in [3.63, 3.8) is 0 Å². The van der Waals surface area contributed by atoms with Gasteiger partial charge in [-0.3, -0.25) is 9.88 Å². The number of carbonyl (C=O) groups is 2. The van der Waals surface area contributed by atoms with Gasteiger partial charge in [0.25, 0.3) is 0 Å². The second kappa shape index (κ2) is 10.6. The minimum Gasteiger partial charge on any atom is -0.467 e. The third-order valence-electron chi connectivity index (χ3n) is 6.99. The number of carbonyl (C=O) groups excluding carboxylic acids is 2. The minimum atomic E-state index is -0.931. The number of para-hydroxylation sites is 1. The van der Waals surface area contributed by atoms with Gasteiger partial charge in [0.2, 0.25) is 0 Å². The fraction of sp³-hybridized carbons (Fsp3) is 0.400. The highest BCUT2D eigenvalue weighted by atomic mass is 79.9. The first-order chi connectivity index (χ1) is 17.8. The second-order valence-electron chi connectivity index (χ2n) is 9.25. The number of fused-ring (bicyclic) bond motifs is 2. The number of anilines is 1. The Labute approximate surface area is 220 Å². The predicted molar refractivity (Wildman–Crippen MR) is 139 cm³/mol. The van der Waals surface area contributed by atoms with E-state index in [1.807, 2.05) is 29.2 Å². The summed E-state index contributed by atoms with van der Waals surface area (Å²) in [6.07, 6.45) is 0.729. The summed E-state index contributed by atoms with van der Waals surface area (Å²) in [4.78, 5) is 43.4. The molecule has 1 aromatic heterocycles. The van der Waals surface area contributed by atoms with Crippen molar-refractivity contribution in [2.24, 2.45) is 0 Å². The Hall–Kier alpha value is -3.35. The van der Waals surface area contributed by atoms with E-state index in [2.05, 4.69) is 31.5 Å². The van der Waals surface area contributed by atoms with Crippen LogP contribution in [0.5, 0.6) is 0 Å². The molecule has 1 fully saturated rings. The van der Waals surface area contributed by atoms with Gasteiger partial charge < -0.3 is 29.8 Å². The molecule has 2 aromatic carbocycles. The average molecular weight is 574 g/mol. The van der Waals surface area contributed by atoms with Crippen LogP contribution in [0.4, 0.5) is 10.5 Å². The summed E-state index contributed by atoms with van der Waals surface area (Å²) < 4.78 is 10.7. The number of urea groups is 1. The molecule has 4 N–H and O–H groups in total. The number of aromatic nitrogens is 1. The van der Waals surface area contributed by atoms with Crippen molar-refractivity contribution in [2.75, 3.05) is 25.5 Å². The third kappa shape index (κ3) is 5.36. The zero-order valence-corrected chi connectivity index (χ0v) is 21.8. The number of methoxy groups -OCH3 is 1. The monoisotopic (exact) mass is 573 g/mol. The Morgan fingerprint density at radius 2 is 2.03 bits per heavy atom. The van der Waals surface area contributed by atoms with Crippen molar-refractivity contribution in [3.8, 4) is 0 Å². The van der Waals surface area contributed by atoms with Gasteiger partial charge in [-0.05, 0) is 42.2 Å². The Morgan fingerprint density at radius 1 is 1.27 bits per heavy atom. The highest BCUT2D eigenvalue weighted by Gasteiger charge is 2.34. The van der Waals surface area contributed by atoms with Crippen LogP contribution in [0.15, 0.2) is 50.1 Å². The number of amides is 2. The van der Waals surface area contributed by atoms with Crippen LogP contribution in [-0.2, 0) is 22.5 Å². The van der Waals surface area contributed by atoms with E-state index in [4.69, 9.17) is 9.15 Å². The zero-order valence-electron chi connectivity index (χ0n) is 20.2. The van der Waals surface area contributed by atoms with Crippen molar-refractivity contribution in [3.05, 3.63) is 62.5 Å². The molecule has 0 radical (unpaired) electrons. The maximum absolute atomic E-state index is 13.1. The number of esters is 1. The van der Waals surface area contributed by atoms with Gasteiger partial charge in [0.1, 0.15) is 6.04 Å². The molecule has 3 aromatic rings. The molecule has 3 heterocycles. The molecule has 196 valence electrons. The second-order valence-corrected chi connectivity index (χ2v) is 10.1. The molecule has 2 amide bonds. The number of piperidine rings is 1. The summed E-state index contributed by atoms with van der Waals surface area (Å²) >= 11 is 3.46. The summed E-state index contributed by atoms with van der Waals surface area (Å²) in [6.45, 7) is 1.60. The number of oxazole rings is 1. The number of aromatic amines is 1. The average Bonchev–Trinajstić information content (AvgIpc) is 3.26. The lowest BCUT2D eigenvalue weighted by Crippen LogP contribution is -2.56. The standard InChI is InChI=1S/C25H28BrN5O6/c1-36-22(32)20(10-15-11-21-19(12-17(15)26)29-25(35)37-21)28-23(33)30-8-6-16(7-9-30)31-13-14-4-2-3-5-18(14)27-24(31)34/h2-5,11-12,16,20,24,27,34H,6-10,13H2,1H3,(H,28,33)(H,29,35). The van der Waals surface area contributed by atoms with Crippen molar-refractivity contribution >= 4 is 44.7 Å². The summed E-state index contributed by atoms with van der Waals surface area (Å²) in [5.74, 6) is -1.15. The number of benzene rings is 2. The van der Waals surface area contributed by atoms with E-state index in [0.717, 1.165) is 11.3 Å². The fourth-order valence-corrected chi connectivity index (χ4v) is 5.50. The van der Waals surface area contributed by atoms with Gasteiger partial charge >= 0.3 is 17.8 Å². The first-order valence-electron chi connectivity index (χ1n) is 12.0. The van der Waals surface area contributed by atoms with Crippen LogP contribution < -0.4 is 16.4 Å². The van der Waals surface area contributed by atoms with E-state index in [1.54, 1.807) is 17.0 Å². The summed E-state index contributed by atoms with van der Waals surface area (Å²) in [7, 11) is 1.27. The van der Waals surface area contributed by atoms with Gasteiger partial charge in [-0.15, -0.1) is 0 Å². The van der Waals surface area contributed by atoms with Crippen LogP contribution in [-0.4, -0.2) is 70.5 Å². The Kier molecular flexibility index (Phi) is 7.22. The lowest BCUT2D eigenvalue weighted by atomic mass is 10.0. The molecule has 37 heavy (non-hydrogen) atoms. The third-order valence-corrected chi connectivity index (χ3v) is 7.72. The number of ether oxygens (including phenoxy) is 1. The lowest BCUT2D eigenvalue weighted by molar-refractivity contribution is -0.142. The van der Waals surface area contributed by atoms with Crippen LogP contribution in [0, 0.1) is 0 Å². The van der Waals surface area contributed by atoms with Crippen LogP contribution >= 0.6 is 15.9 Å². The highest BCUT2D eigenvalue weighted by molar-refractivity contribution is 9.10. The smallest absolute Gasteiger partial charge is 0.417 e. The molecule has 2 atom stereocenters. The van der Waals surface area contributed by atoms with E-state index >= 15 is 0 Å². The van der Waals surface area contributed by atoms with E-state index < -0.39 is 24.1 Å². The largest absolute Gasteiger partial charge is 0.467 e. The van der Waals surface area contributed by atoms with Gasteiger partial charge in [0.05, 0.1) is 12.6 Å². The molecule has 12 heteroatoms. The van der Waals surface area contributed by atoms with Crippen LogP contribution in [0.1, 0.15) is 24.0 Å². The number of H-pyrrole nitrogens is 1. The summed E-state index contributed by atoms with van der Waals surface area (Å²) in [5.41, 5.74) is 3.62. The minimum absolute atomic E-state index is 0.106. The lowest BCUT2D eigenvalue weighted by Gasteiger charge is -2.43. The summed E-state index contributed by atoms with van der Waals surface area (Å²) in [5, 5.41) is 16.6. The quantitative estimate of drug-likeness (QED) is 0.341. The molecule has 0 aliphatic carbocycles. The molecule has 1 saturated heterocycles. The molecule has 2 unspecified atom stereocenters. The number of aliphatic hydroxyl groups is 1. The molecule has 11 nitrogen and oxygen atoms in total. The number of rotatable bonds is 5. The van der Waals surface area contributed by atoms with Gasteiger partial charge in [0, 0.05) is 42.3 Å². The molecule has 2 aliphatic heterocycles. The van der Waals surface area contributed by atoms with Crippen LogP contribution in [0.25, 0.3) is 11.1 Å². The van der Waals surface area contributed by atoms with Gasteiger partial charge in [-0.25, -0.2) is 14.4 Å². The number of hydrogen-bond donors (Lipinski definition) is 4. The topological polar surface area (TPSA) is 140 Å². The predicted octanol–water partition coefficient (Wildman–Crippen LogP) is 2.35. The molecule has 5 rings (SSSR count). The van der Waals surface area contributed by atoms with Crippen molar-refractivity contribution in [1.82, 2.24) is 20.1 Å². The fourth-order valence-electron chi connectivity index (χ4n) is 5.00. The molecule has 0 bridgehead atoms. The van der Waals surface area contributed by atoms with Crippen molar-refractivity contribution in [2.45, 2.75) is 44.2 Å². The Bertz CT molecular complexity index is 1370. The first-order valence-corrected chi connectivity index (χ1v) is 12.8. The van der Waals surface area contributed by atoms with E-state index in [9.17, 15) is 19.5 Å². The van der Waals surface area contributed by atoms with Gasteiger partial charge in [-0.1, -0.05) is 34.1 Å². The molecule has 0 saturated carbocycles. The number of hydrogen-bond acceptors (Lipinski definition) is 8. The number of likely N-dealkylation sites (tertiary alicyclic amines) is 1. The maximum Gasteiger partial charge on any atom is 0.417 e. The van der Waals surface area contributed by atoms with Gasteiger partial charge in [0.15, 0.2) is 11.9 Å². The number of nitrogens with zero attached hydrogens (tertiary/aromatic N) is 2. The normalized spacial score (nSPS) is 19.2. The zero-order chi connectivity index (χ0) is 26.1. The van der Waals surface area contributed by atoms with Crippen molar-refractivity contribution < 1.29 is 23.8 Å². The van der Waals surface area contributed by atoms with Crippen molar-refractivity contribution in [1.29, 1.82) is 0 Å². The highest BCUT2D eigenvalue weighted by Crippen LogP contribution is 2.29. The Morgan fingerprint density at radius 3 is 2.78 bits per heavy atom. The van der Waals surface area contributed by atoms with Crippen LogP contribution in [0.2, 0.25) is 0 Å². The van der Waals surface area contributed by atoms with E-state index in [-0.39, 0.29) is 18.5 Å². The van der Waals surface area contributed by atoms with Gasteiger partial charge in [-0.2, -0.15) is 0 Å². The van der Waals surface area contributed by atoms with E-state index in [1.165, 1.54) is 7.11 Å². The first kappa shape index (κ1) is 25.3. The number of nitrogens with one attached hydrogen (secondary N) is 3. The number of halogens is 1. The maximum atomic E-state index is 13.1. The molecule has 0 spiro atoms. The Balaban J connectivity index is 1.22. The summed E-state index contributed by atoms with van der Waals surface area (Å²) in [6, 6.07) is 10.1. The molecular weight excluding hydrogens is 546 g/mol. The molecule has 2 aliphatic rings. The molecular formula is C25H28BrN5O6. The van der Waals surface area contributed by atoms with E-state index in [0.29, 0.717) is 53.6 Å². The van der Waals surface area contributed by atoms with Crippen LogP contribution in [0.3, 0.4) is 0 Å². The number of aliphatic hydroxyl groups excluding tert-OH is 1.